The highest BCUT2D eigenvalue weighted by molar-refractivity contribution is 6.22. The summed E-state index contributed by atoms with van der Waals surface area (Å²) in [5.41, 5.74) is 2.16. The quantitative estimate of drug-likeness (QED) is 0.405. The Labute approximate surface area is 156 Å². The van der Waals surface area contributed by atoms with E-state index in [0.717, 1.165) is 31.5 Å². The molecule has 0 bridgehead atoms. The van der Waals surface area contributed by atoms with Gasteiger partial charge in [-0.1, -0.05) is 31.4 Å². The zero-order chi connectivity index (χ0) is 18.4. The minimum atomic E-state index is -0.257. The number of piperazine rings is 1. The summed E-state index contributed by atoms with van der Waals surface area (Å²) in [6, 6.07) is 5.60. The van der Waals surface area contributed by atoms with Gasteiger partial charge in [-0.05, 0) is 37.3 Å². The number of amides is 2. The number of nitrogens with one attached hydrogen (secondary N) is 2. The summed E-state index contributed by atoms with van der Waals surface area (Å²) in [4.78, 5) is 23.6. The molecule has 2 heterocycles. The fourth-order valence-electron chi connectivity index (χ4n) is 4.17. The molecule has 0 saturated carbocycles. The van der Waals surface area contributed by atoms with Crippen LogP contribution in [0, 0.1) is 0 Å². The molecule has 5 nitrogen and oxygen atoms in total. The van der Waals surface area contributed by atoms with E-state index in [1.807, 2.05) is 12.1 Å². The van der Waals surface area contributed by atoms with Crippen LogP contribution in [0.1, 0.15) is 64.8 Å². The van der Waals surface area contributed by atoms with Gasteiger partial charge in [-0.25, -0.2) is 0 Å². The summed E-state index contributed by atoms with van der Waals surface area (Å²) in [6.07, 6.45) is 8.35. The van der Waals surface area contributed by atoms with Gasteiger partial charge in [0.1, 0.15) is 0 Å². The zero-order valence-electron chi connectivity index (χ0n) is 16.0. The number of unbranched alkanes of at least 4 members (excludes halogenated alkanes) is 5. The summed E-state index contributed by atoms with van der Waals surface area (Å²) in [7, 11) is 2.39. The van der Waals surface area contributed by atoms with E-state index < -0.39 is 0 Å². The predicted molar refractivity (Wildman–Crippen MR) is 103 cm³/mol. The first-order chi connectivity index (χ1) is 12.6. The van der Waals surface area contributed by atoms with Crippen molar-refractivity contribution in [2.75, 3.05) is 39.8 Å². The van der Waals surface area contributed by atoms with Crippen molar-refractivity contribution in [2.45, 2.75) is 44.9 Å². The number of rotatable bonds is 9. The number of carbonyl (C=O) groups excluding carboxylic acids is 2. The van der Waals surface area contributed by atoms with E-state index in [4.69, 9.17) is 0 Å². The molecule has 0 aliphatic carbocycles. The molecular formula is C21H32N3O2+. The Bertz CT molecular complexity index is 651. The van der Waals surface area contributed by atoms with Crippen LogP contribution in [0.3, 0.4) is 0 Å². The molecule has 3 rings (SSSR count). The lowest BCUT2D eigenvalue weighted by molar-refractivity contribution is -0.911. The molecule has 0 aromatic heterocycles. The van der Waals surface area contributed by atoms with E-state index in [1.165, 1.54) is 56.2 Å². The second-order valence-corrected chi connectivity index (χ2v) is 8.03. The Morgan fingerprint density at radius 1 is 0.923 bits per heavy atom. The highest BCUT2D eigenvalue weighted by Crippen LogP contribution is 2.22. The van der Waals surface area contributed by atoms with Gasteiger partial charge < -0.3 is 9.80 Å². The fourth-order valence-corrected chi connectivity index (χ4v) is 4.17. The highest BCUT2D eigenvalue weighted by Gasteiger charge is 2.28. The second-order valence-electron chi connectivity index (χ2n) is 8.03. The minimum absolute atomic E-state index is 0.231. The van der Waals surface area contributed by atoms with Crippen molar-refractivity contribution in [1.29, 1.82) is 0 Å². The zero-order valence-corrected chi connectivity index (χ0v) is 16.0. The number of imide groups is 1. The van der Waals surface area contributed by atoms with E-state index in [-0.39, 0.29) is 11.8 Å². The van der Waals surface area contributed by atoms with Crippen LogP contribution in [0.5, 0.6) is 0 Å². The number of hydrogen-bond acceptors (Lipinski definition) is 3. The van der Waals surface area contributed by atoms with Crippen molar-refractivity contribution in [1.82, 2.24) is 10.6 Å². The molecule has 2 aliphatic rings. The van der Waals surface area contributed by atoms with Gasteiger partial charge in [0.2, 0.25) is 0 Å². The van der Waals surface area contributed by atoms with E-state index in [1.54, 1.807) is 6.07 Å². The van der Waals surface area contributed by atoms with Gasteiger partial charge in [-0.2, -0.15) is 0 Å². The molecule has 26 heavy (non-hydrogen) atoms. The molecule has 0 atom stereocenters. The molecule has 1 saturated heterocycles. The average molecular weight is 359 g/mol. The number of aryl methyl sites for hydroxylation is 1. The Hall–Kier alpha value is -1.72. The number of carbonyl (C=O) groups is 2. The van der Waals surface area contributed by atoms with Crippen molar-refractivity contribution in [3.63, 3.8) is 0 Å². The maximum Gasteiger partial charge on any atom is 0.259 e. The SMILES string of the molecule is C[N+]1(CCCCCCCCc2cccc3c2C(=O)NC3=O)CCNCC1. The van der Waals surface area contributed by atoms with Crippen LogP contribution in [0.15, 0.2) is 18.2 Å². The maximum absolute atomic E-state index is 11.9. The molecule has 2 N–H and O–H groups in total. The first-order valence-electron chi connectivity index (χ1n) is 10.1. The molecular weight excluding hydrogens is 326 g/mol. The summed E-state index contributed by atoms with van der Waals surface area (Å²) >= 11 is 0. The summed E-state index contributed by atoms with van der Waals surface area (Å²) in [6.45, 7) is 6.14. The molecule has 2 aliphatic heterocycles. The third kappa shape index (κ3) is 4.71. The molecule has 142 valence electrons. The Kier molecular flexibility index (Phi) is 6.43. The first kappa shape index (κ1) is 19.1. The van der Waals surface area contributed by atoms with E-state index in [2.05, 4.69) is 17.7 Å². The van der Waals surface area contributed by atoms with Crippen LogP contribution < -0.4 is 10.6 Å². The van der Waals surface area contributed by atoms with Gasteiger partial charge >= 0.3 is 0 Å². The smallest absolute Gasteiger partial charge is 0.259 e. The first-order valence-corrected chi connectivity index (χ1v) is 10.1. The van der Waals surface area contributed by atoms with Gasteiger partial charge in [-0.15, -0.1) is 0 Å². The molecule has 5 heteroatoms. The standard InChI is InChI=1S/C21H31N3O2/c1-24(15-12-22-13-16-24)14-7-5-3-2-4-6-9-17-10-8-11-18-19(17)21(26)23-20(18)25/h8,10-11,22H,2-7,9,12-16H2,1H3/p+1. The van der Waals surface area contributed by atoms with Crippen LogP contribution in [-0.2, 0) is 6.42 Å². The Morgan fingerprint density at radius 2 is 1.62 bits per heavy atom. The fraction of sp³-hybridized carbons (Fsp3) is 0.619. The van der Waals surface area contributed by atoms with Crippen molar-refractivity contribution in [3.05, 3.63) is 34.9 Å². The van der Waals surface area contributed by atoms with Crippen molar-refractivity contribution < 1.29 is 14.1 Å². The summed E-state index contributed by atoms with van der Waals surface area (Å²) in [5.74, 6) is -0.488. The van der Waals surface area contributed by atoms with Gasteiger partial charge in [0.15, 0.2) is 0 Å². The van der Waals surface area contributed by atoms with Crippen molar-refractivity contribution in [2.24, 2.45) is 0 Å². The predicted octanol–water partition coefficient (Wildman–Crippen LogP) is 2.50. The number of likely N-dealkylation sites (N-methyl/N-ethyl adjacent to an activating group) is 1. The lowest BCUT2D eigenvalue weighted by Crippen LogP contribution is -2.56. The molecule has 1 aromatic rings. The molecule has 0 unspecified atom stereocenters. The molecule has 0 spiro atoms. The van der Waals surface area contributed by atoms with Crippen LogP contribution in [0.4, 0.5) is 0 Å². The number of nitrogens with zero attached hydrogens (tertiary/aromatic N) is 1. The van der Waals surface area contributed by atoms with E-state index >= 15 is 0 Å². The topological polar surface area (TPSA) is 58.2 Å². The van der Waals surface area contributed by atoms with Gasteiger partial charge in [0.05, 0.1) is 37.8 Å². The van der Waals surface area contributed by atoms with Crippen LogP contribution in [-0.4, -0.2) is 56.1 Å². The van der Waals surface area contributed by atoms with Crippen molar-refractivity contribution in [3.8, 4) is 0 Å². The van der Waals surface area contributed by atoms with Crippen molar-refractivity contribution >= 4 is 11.8 Å². The monoisotopic (exact) mass is 358 g/mol. The number of benzene rings is 1. The maximum atomic E-state index is 11.9. The highest BCUT2D eigenvalue weighted by atomic mass is 16.2. The minimum Gasteiger partial charge on any atom is -0.324 e. The second kappa shape index (κ2) is 8.78. The third-order valence-corrected chi connectivity index (χ3v) is 5.90. The number of quaternary nitrogens is 1. The average Bonchev–Trinajstić information content (AvgIpc) is 2.93. The van der Waals surface area contributed by atoms with E-state index in [9.17, 15) is 9.59 Å². The van der Waals surface area contributed by atoms with E-state index in [0.29, 0.717) is 11.1 Å². The van der Waals surface area contributed by atoms with Crippen LogP contribution >= 0.6 is 0 Å². The Balaban J connectivity index is 1.31. The Morgan fingerprint density at radius 3 is 2.38 bits per heavy atom. The lowest BCUT2D eigenvalue weighted by Gasteiger charge is -2.38. The largest absolute Gasteiger partial charge is 0.324 e. The molecule has 0 radical (unpaired) electrons. The van der Waals surface area contributed by atoms with Gasteiger partial charge in [0.25, 0.3) is 11.8 Å². The molecule has 2 amide bonds. The van der Waals surface area contributed by atoms with Gasteiger partial charge in [0, 0.05) is 13.1 Å². The third-order valence-electron chi connectivity index (χ3n) is 5.90. The number of hydrogen-bond donors (Lipinski definition) is 2. The summed E-state index contributed by atoms with van der Waals surface area (Å²) in [5, 5.41) is 5.83. The lowest BCUT2D eigenvalue weighted by atomic mass is 9.97. The van der Waals surface area contributed by atoms with Crippen LogP contribution in [0.2, 0.25) is 0 Å². The molecule has 1 aromatic carbocycles. The summed E-state index contributed by atoms with van der Waals surface area (Å²) < 4.78 is 1.23. The van der Waals surface area contributed by atoms with Gasteiger partial charge in [-0.3, -0.25) is 14.9 Å². The normalized spacial score (nSPS) is 18.7. The van der Waals surface area contributed by atoms with Crippen LogP contribution in [0.25, 0.3) is 0 Å². The number of fused-ring (bicyclic) bond motifs is 1. The molecule has 1 fully saturated rings.